The number of hydrogen-bond donors (Lipinski definition) is 0. The number of aromatic nitrogens is 2. The van der Waals surface area contributed by atoms with Gasteiger partial charge in [-0.15, -0.1) is 0 Å². The smallest absolute Gasteiger partial charge is 0.252 e. The first-order chi connectivity index (χ1) is 63.3. The van der Waals surface area contributed by atoms with Crippen molar-refractivity contribution in [3.8, 4) is 55.9 Å². The lowest BCUT2D eigenvalue weighted by molar-refractivity contribution is 0.410. The van der Waals surface area contributed by atoms with Gasteiger partial charge in [-0.1, -0.05) is 345 Å². The molecule has 0 N–H and O–H groups in total. The Morgan fingerprint density at radius 1 is 0.234 bits per heavy atom. The van der Waals surface area contributed by atoms with Crippen molar-refractivity contribution in [2.24, 2.45) is 48.7 Å². The molecule has 0 saturated heterocycles. The van der Waals surface area contributed by atoms with E-state index in [1.807, 2.05) is 0 Å². The van der Waals surface area contributed by atoms with Gasteiger partial charge in [0.1, 0.15) is 0 Å². The highest BCUT2D eigenvalue weighted by molar-refractivity contribution is 7.00. The van der Waals surface area contributed by atoms with Crippen LogP contribution in [0.25, 0.3) is 99.5 Å². The van der Waals surface area contributed by atoms with E-state index in [9.17, 15) is 11.0 Å². The molecule has 0 spiro atoms. The molecule has 4 heterocycles. The van der Waals surface area contributed by atoms with Crippen LogP contribution in [0.15, 0.2) is 255 Å². The summed E-state index contributed by atoms with van der Waals surface area (Å²) in [6.45, 7) is 62.1. The number of hydrogen-bond acceptors (Lipinski definition) is 2. The molecule has 128 heavy (non-hydrogen) atoms. The lowest BCUT2D eigenvalue weighted by Gasteiger charge is -2.46. The number of anilines is 6. The van der Waals surface area contributed by atoms with Crippen molar-refractivity contribution >= 4 is 101 Å². The van der Waals surface area contributed by atoms with E-state index in [4.69, 9.17) is 0 Å². The highest BCUT2D eigenvalue weighted by Gasteiger charge is 2.46. The Bertz CT molecular complexity index is 6890. The molecule has 0 atom stereocenters. The van der Waals surface area contributed by atoms with Crippen LogP contribution >= 0.6 is 0 Å². The average molecular weight is 1690 g/mol. The van der Waals surface area contributed by atoms with Crippen LogP contribution in [0.2, 0.25) is 0 Å². The van der Waals surface area contributed by atoms with Crippen molar-refractivity contribution < 1.29 is 11.0 Å². The molecule has 0 bridgehead atoms. The molecule has 0 fully saturated rings. The third kappa shape index (κ3) is 19.1. The summed E-state index contributed by atoms with van der Waals surface area (Å²) in [7, 11) is 0. The first-order valence-corrected chi connectivity index (χ1v) is 47.1. The first-order valence-electron chi connectivity index (χ1n) is 51.1. The van der Waals surface area contributed by atoms with Crippen LogP contribution < -0.4 is 26.2 Å². The molecule has 5 heteroatoms. The van der Waals surface area contributed by atoms with Gasteiger partial charge < -0.3 is 18.9 Å². The van der Waals surface area contributed by atoms with Gasteiger partial charge in [0.25, 0.3) is 6.71 Å². The Hall–Kier alpha value is -10.9. The molecule has 656 valence electrons. The quantitative estimate of drug-likeness (QED) is 0.0845. The average Bonchev–Trinajstić information content (AvgIpc) is 1.05. The van der Waals surface area contributed by atoms with Gasteiger partial charge in [-0.25, -0.2) is 0 Å². The number of benzene rings is 13. The third-order valence-electron chi connectivity index (χ3n) is 25.0. The molecule has 13 aromatic carbocycles. The molecule has 15 aromatic rings. The van der Waals surface area contributed by atoms with Crippen molar-refractivity contribution in [1.82, 2.24) is 9.13 Å². The molecule has 0 unspecified atom stereocenters. The number of para-hydroxylation sites is 2. The van der Waals surface area contributed by atoms with Crippen molar-refractivity contribution in [2.75, 3.05) is 9.80 Å². The second-order valence-electron chi connectivity index (χ2n) is 49.0. The summed E-state index contributed by atoms with van der Waals surface area (Å²) in [4.78, 5) is 5.26. The van der Waals surface area contributed by atoms with E-state index < -0.39 is 6.71 Å². The van der Waals surface area contributed by atoms with Crippen LogP contribution in [-0.2, 0) is 57.8 Å². The van der Waals surface area contributed by atoms with Gasteiger partial charge in [0.2, 0.25) is 0 Å². The monoisotopic (exact) mass is 1690 g/mol. The Morgan fingerprint density at radius 3 is 0.852 bits per heavy atom. The molecular formula is C123H141BN4. The molecule has 2 aliphatic heterocycles. The van der Waals surface area contributed by atoms with E-state index in [0.717, 1.165) is 196 Å². The van der Waals surface area contributed by atoms with E-state index in [2.05, 4.69) is 412 Å². The largest absolute Gasteiger partial charge is 0.311 e. The molecule has 17 rings (SSSR count). The minimum atomic E-state index is -0.514. The Morgan fingerprint density at radius 2 is 0.531 bits per heavy atom. The van der Waals surface area contributed by atoms with Gasteiger partial charge in [-0.3, -0.25) is 0 Å². The normalized spacial score (nSPS) is 14.5. The summed E-state index contributed by atoms with van der Waals surface area (Å²) in [5.41, 5.74) is 31.7. The first kappa shape index (κ1) is 79.3. The summed E-state index contributed by atoms with van der Waals surface area (Å²) >= 11 is 0. The van der Waals surface area contributed by atoms with E-state index in [1.54, 1.807) is 0 Å². The van der Waals surface area contributed by atoms with E-state index in [1.165, 1.54) is 33.4 Å². The van der Waals surface area contributed by atoms with Crippen LogP contribution in [0.4, 0.5) is 34.1 Å². The second-order valence-corrected chi connectivity index (χ2v) is 49.0. The van der Waals surface area contributed by atoms with Crippen molar-refractivity contribution in [1.29, 1.82) is 0 Å². The molecular weight excluding hydrogens is 1540 g/mol. The van der Waals surface area contributed by atoms with Gasteiger partial charge >= 0.3 is 0 Å². The minimum Gasteiger partial charge on any atom is -0.311 e. The minimum absolute atomic E-state index is 0.000720. The molecule has 0 radical (unpaired) electrons. The van der Waals surface area contributed by atoms with Crippen molar-refractivity contribution in [3.05, 3.63) is 305 Å². The molecule has 0 aliphatic carbocycles. The molecule has 0 amide bonds. The zero-order valence-corrected chi connectivity index (χ0v) is 81.9. The Labute approximate surface area is 780 Å². The Kier molecular flexibility index (Phi) is 20.2. The SMILES string of the molecule is [2H]c1c([2H])c([2H])c2c(c1[2H])c1cc(CC(C)(C)C)ccc1n2-c1ccc2c(c1)N(c1cc(-c3cccc(CC(C)(C)C)c3)c(CC(C)(C)C)cc1-c1cccc(CC(C)(C)C)c1)c1cc(CC(C)(C)C)cc3c1B2c1ccc(-n2c4ccc(CC(C)(C)C)cc4c4c([2H])c([2H])c([2H])c([2H])c42)cc1N3c1cc(-c2cccc(CC(C)(C)C)c2)c(CC(C)(C)C)cc1-c1cccc(CC(C)(C)C)c1. The maximum absolute atomic E-state index is 10.3. The number of rotatable bonds is 17. The summed E-state index contributed by atoms with van der Waals surface area (Å²) in [5, 5.41) is 2.48. The highest BCUT2D eigenvalue weighted by atomic mass is 15.2. The fourth-order valence-corrected chi connectivity index (χ4v) is 21.0. The lowest BCUT2D eigenvalue weighted by atomic mass is 9.33. The van der Waals surface area contributed by atoms with Crippen LogP contribution in [0.5, 0.6) is 0 Å². The maximum Gasteiger partial charge on any atom is 0.252 e. The third-order valence-corrected chi connectivity index (χ3v) is 25.0. The topological polar surface area (TPSA) is 16.3 Å². The van der Waals surface area contributed by atoms with Gasteiger partial charge in [-0.2, -0.15) is 0 Å². The fraction of sp³-hybridized carbons (Fsp3) is 0.366. The molecule has 2 aromatic heterocycles. The zero-order valence-electron chi connectivity index (χ0n) is 89.9. The van der Waals surface area contributed by atoms with Gasteiger partial charge in [0.05, 0.1) is 44.4 Å². The fourth-order valence-electron chi connectivity index (χ4n) is 21.0. The molecule has 0 saturated carbocycles. The predicted octanol–water partition coefficient (Wildman–Crippen LogP) is 32.9. The second kappa shape index (κ2) is 32.6. The van der Waals surface area contributed by atoms with Crippen molar-refractivity contribution in [2.45, 2.75) is 245 Å². The maximum atomic E-state index is 10.3. The van der Waals surface area contributed by atoms with Crippen LogP contribution in [0, 0.1) is 48.7 Å². The summed E-state index contributed by atoms with van der Waals surface area (Å²) in [5.74, 6) is 0. The van der Waals surface area contributed by atoms with Gasteiger partial charge in [-0.05, 0) is 303 Å². The van der Waals surface area contributed by atoms with E-state index >= 15 is 0 Å². The standard InChI is InChI=1S/C123H141BN4/c1-115(2,3)70-79-36-32-40-86(56-79)96-68-108(98(64-90(96)77-122(22,23)24)88-42-34-38-81(58-88)72-117(7,8)9)127-110-66-92(125-104-46-30-28-44-94(104)100-60-83(48-54-106(100)125)74-119(13,14)15)50-52-102(110)124-103-53-51-93(126-105-47-31-29-45-95(105)101-61-84(49-55-107(101)126)75-120(16,17)18)67-111(103)128(113-63-85(76-121(19,20)21)62-112(127)114(113)124)109-69-97(87-41-33-37-80(57-87)71-116(4,5)6)91(78-123(25,26)27)65-99(109)89-43-35-39-82(59-89)73-118(10,11)12/h28-69H,70-78H2,1-27H3/i28D,29D,30D,31D,44D,45D,46D,47D. The van der Waals surface area contributed by atoms with E-state index in [0.29, 0.717) is 28.2 Å². The van der Waals surface area contributed by atoms with Crippen LogP contribution in [-0.4, -0.2) is 15.8 Å². The number of nitrogens with zero attached hydrogens (tertiary/aromatic N) is 4. The number of fused-ring (bicyclic) bond motifs is 10. The Balaban J connectivity index is 1.10. The summed E-state index contributed by atoms with van der Waals surface area (Å²) in [6, 6.07) is 77.8. The highest BCUT2D eigenvalue weighted by Crippen LogP contribution is 2.54. The van der Waals surface area contributed by atoms with E-state index in [-0.39, 0.29) is 97.1 Å². The summed E-state index contributed by atoms with van der Waals surface area (Å²) < 4.78 is 82.9. The molecule has 2 aliphatic rings. The summed E-state index contributed by atoms with van der Waals surface area (Å²) in [6.07, 6.45) is 7.20. The lowest BCUT2D eigenvalue weighted by Crippen LogP contribution is -2.61. The van der Waals surface area contributed by atoms with Crippen molar-refractivity contribution in [3.63, 3.8) is 0 Å². The van der Waals surface area contributed by atoms with Gasteiger partial charge in [0.15, 0.2) is 0 Å². The van der Waals surface area contributed by atoms with Crippen LogP contribution in [0.1, 0.15) is 248 Å². The van der Waals surface area contributed by atoms with Crippen LogP contribution in [0.3, 0.4) is 0 Å². The molecule has 4 nitrogen and oxygen atoms in total. The predicted molar refractivity (Wildman–Crippen MR) is 559 cm³/mol. The van der Waals surface area contributed by atoms with Gasteiger partial charge in [0, 0.05) is 66.8 Å². The zero-order chi connectivity index (χ0) is 98.2.